The van der Waals surface area contributed by atoms with Gasteiger partial charge in [-0.1, -0.05) is 35.7 Å². The number of nitrogens with one attached hydrogen (secondary N) is 2. The molecule has 1 aromatic rings. The van der Waals surface area contributed by atoms with Crippen LogP contribution in [-0.4, -0.2) is 25.0 Å². The Bertz CT molecular complexity index is 445. The first-order valence-electron chi connectivity index (χ1n) is 6.62. The van der Waals surface area contributed by atoms with E-state index in [0.717, 1.165) is 31.4 Å². The fraction of sp³-hybridized carbons (Fsp3) is 0.500. The van der Waals surface area contributed by atoms with Crippen LogP contribution in [0.4, 0.5) is 0 Å². The van der Waals surface area contributed by atoms with Crippen LogP contribution in [-0.2, 0) is 11.2 Å². The third-order valence-corrected chi connectivity index (χ3v) is 3.92. The average molecular weight is 301 g/mol. The lowest BCUT2D eigenvalue weighted by molar-refractivity contribution is -0.123. The summed E-state index contributed by atoms with van der Waals surface area (Å²) in [5.41, 5.74) is 1.00. The third kappa shape index (κ3) is 4.37. The summed E-state index contributed by atoms with van der Waals surface area (Å²) in [6.07, 6.45) is 3.92. The van der Waals surface area contributed by atoms with Crippen LogP contribution >= 0.6 is 23.2 Å². The van der Waals surface area contributed by atoms with Crippen molar-refractivity contribution in [3.8, 4) is 0 Å². The van der Waals surface area contributed by atoms with Crippen LogP contribution in [0.5, 0.6) is 0 Å². The van der Waals surface area contributed by atoms with Gasteiger partial charge in [0.05, 0.1) is 6.04 Å². The largest absolute Gasteiger partial charge is 0.354 e. The van der Waals surface area contributed by atoms with Crippen molar-refractivity contribution in [2.75, 3.05) is 13.1 Å². The molecule has 0 aliphatic carbocycles. The van der Waals surface area contributed by atoms with E-state index < -0.39 is 0 Å². The molecular formula is C14H18Cl2N2O. The molecule has 1 heterocycles. The molecule has 2 rings (SSSR count). The quantitative estimate of drug-likeness (QED) is 0.898. The predicted molar refractivity (Wildman–Crippen MR) is 78.8 cm³/mol. The Morgan fingerprint density at radius 1 is 1.37 bits per heavy atom. The number of hydrogen-bond acceptors (Lipinski definition) is 2. The molecule has 1 saturated heterocycles. The second-order valence-electron chi connectivity index (χ2n) is 4.78. The number of carbonyl (C=O) groups is 1. The Balaban J connectivity index is 1.78. The van der Waals surface area contributed by atoms with Gasteiger partial charge in [-0.2, -0.15) is 0 Å². The van der Waals surface area contributed by atoms with Crippen molar-refractivity contribution in [1.29, 1.82) is 0 Å². The van der Waals surface area contributed by atoms with Crippen molar-refractivity contribution >= 4 is 29.1 Å². The predicted octanol–water partition coefficient (Wildman–Crippen LogP) is 2.79. The van der Waals surface area contributed by atoms with Crippen LogP contribution in [0, 0.1) is 0 Å². The van der Waals surface area contributed by atoms with Crippen LogP contribution in [0.1, 0.15) is 24.8 Å². The monoisotopic (exact) mass is 300 g/mol. The summed E-state index contributed by atoms with van der Waals surface area (Å²) >= 11 is 11.9. The van der Waals surface area contributed by atoms with Crippen molar-refractivity contribution in [1.82, 2.24) is 10.6 Å². The number of hydrogen-bond donors (Lipinski definition) is 2. The van der Waals surface area contributed by atoms with E-state index in [-0.39, 0.29) is 11.9 Å². The van der Waals surface area contributed by atoms with Crippen molar-refractivity contribution in [3.63, 3.8) is 0 Å². The topological polar surface area (TPSA) is 41.1 Å². The Hall–Kier alpha value is -0.770. The van der Waals surface area contributed by atoms with Gasteiger partial charge in [-0.25, -0.2) is 0 Å². The second-order valence-corrected chi connectivity index (χ2v) is 5.62. The van der Waals surface area contributed by atoms with E-state index in [2.05, 4.69) is 10.6 Å². The van der Waals surface area contributed by atoms with Crippen molar-refractivity contribution < 1.29 is 4.79 Å². The summed E-state index contributed by atoms with van der Waals surface area (Å²) in [4.78, 5) is 11.9. The molecule has 1 unspecified atom stereocenters. The highest BCUT2D eigenvalue weighted by Crippen LogP contribution is 2.21. The Kier molecular flexibility index (Phi) is 5.49. The molecule has 3 nitrogen and oxygen atoms in total. The number of rotatable bonds is 4. The molecule has 0 saturated carbocycles. The van der Waals surface area contributed by atoms with E-state index in [1.807, 2.05) is 12.1 Å². The zero-order valence-electron chi connectivity index (χ0n) is 10.7. The summed E-state index contributed by atoms with van der Waals surface area (Å²) in [7, 11) is 0. The van der Waals surface area contributed by atoms with Gasteiger partial charge in [-0.3, -0.25) is 4.79 Å². The van der Waals surface area contributed by atoms with Crippen LogP contribution in [0.2, 0.25) is 10.0 Å². The normalized spacial score (nSPS) is 19.2. The van der Waals surface area contributed by atoms with E-state index in [0.29, 0.717) is 23.0 Å². The first-order chi connectivity index (χ1) is 9.16. The molecule has 1 fully saturated rings. The standard InChI is InChI=1S/C14H18Cl2N2O/c15-11-5-4-10(12(16)9-11)6-8-18-14(19)13-3-1-2-7-17-13/h4-5,9,13,17H,1-3,6-8H2,(H,18,19). The van der Waals surface area contributed by atoms with E-state index >= 15 is 0 Å². The lowest BCUT2D eigenvalue weighted by Gasteiger charge is -2.22. The van der Waals surface area contributed by atoms with E-state index in [4.69, 9.17) is 23.2 Å². The molecule has 1 aliphatic rings. The van der Waals surface area contributed by atoms with Gasteiger partial charge >= 0.3 is 0 Å². The maximum absolute atomic E-state index is 11.9. The first kappa shape index (κ1) is 14.6. The molecule has 19 heavy (non-hydrogen) atoms. The first-order valence-corrected chi connectivity index (χ1v) is 7.37. The Labute approximate surface area is 123 Å². The summed E-state index contributed by atoms with van der Waals surface area (Å²) < 4.78 is 0. The van der Waals surface area contributed by atoms with Gasteiger partial charge < -0.3 is 10.6 Å². The van der Waals surface area contributed by atoms with Gasteiger partial charge in [0.2, 0.25) is 5.91 Å². The molecular weight excluding hydrogens is 283 g/mol. The van der Waals surface area contributed by atoms with Crippen LogP contribution < -0.4 is 10.6 Å². The number of carbonyl (C=O) groups excluding carboxylic acids is 1. The molecule has 104 valence electrons. The van der Waals surface area contributed by atoms with Crippen molar-refractivity contribution in [3.05, 3.63) is 33.8 Å². The molecule has 2 N–H and O–H groups in total. The molecule has 1 atom stereocenters. The van der Waals surface area contributed by atoms with Crippen LogP contribution in [0.3, 0.4) is 0 Å². The highest BCUT2D eigenvalue weighted by molar-refractivity contribution is 6.35. The molecule has 1 aromatic carbocycles. The second kappa shape index (κ2) is 7.13. The minimum Gasteiger partial charge on any atom is -0.354 e. The smallest absolute Gasteiger partial charge is 0.237 e. The minimum atomic E-state index is -0.0329. The average Bonchev–Trinajstić information content (AvgIpc) is 2.42. The van der Waals surface area contributed by atoms with Crippen molar-refractivity contribution in [2.24, 2.45) is 0 Å². The molecule has 1 amide bonds. The highest BCUT2D eigenvalue weighted by atomic mass is 35.5. The molecule has 0 aromatic heterocycles. The van der Waals surface area contributed by atoms with Gasteiger partial charge in [0, 0.05) is 16.6 Å². The fourth-order valence-electron chi connectivity index (χ4n) is 2.24. The van der Waals surface area contributed by atoms with Crippen LogP contribution in [0.25, 0.3) is 0 Å². The van der Waals surface area contributed by atoms with E-state index in [9.17, 15) is 4.79 Å². The SMILES string of the molecule is O=C(NCCc1ccc(Cl)cc1Cl)C1CCCCN1. The van der Waals surface area contributed by atoms with Gasteiger partial charge in [0.15, 0.2) is 0 Å². The van der Waals surface area contributed by atoms with Gasteiger partial charge in [-0.05, 0) is 43.5 Å². The maximum Gasteiger partial charge on any atom is 0.237 e. The summed E-state index contributed by atoms with van der Waals surface area (Å²) in [5.74, 6) is 0.0878. The lowest BCUT2D eigenvalue weighted by Crippen LogP contribution is -2.47. The molecule has 0 radical (unpaired) electrons. The van der Waals surface area contributed by atoms with Gasteiger partial charge in [0.25, 0.3) is 0 Å². The highest BCUT2D eigenvalue weighted by Gasteiger charge is 2.19. The molecule has 1 aliphatic heterocycles. The number of amides is 1. The van der Waals surface area contributed by atoms with Gasteiger partial charge in [0.1, 0.15) is 0 Å². The number of halogens is 2. The van der Waals surface area contributed by atoms with E-state index in [1.54, 1.807) is 6.07 Å². The minimum absolute atomic E-state index is 0.0329. The molecule has 5 heteroatoms. The zero-order chi connectivity index (χ0) is 13.7. The molecule has 0 spiro atoms. The number of piperidine rings is 1. The van der Waals surface area contributed by atoms with E-state index in [1.165, 1.54) is 0 Å². The Morgan fingerprint density at radius 2 is 2.21 bits per heavy atom. The third-order valence-electron chi connectivity index (χ3n) is 3.34. The molecule has 0 bridgehead atoms. The number of benzene rings is 1. The lowest BCUT2D eigenvalue weighted by atomic mass is 10.0. The summed E-state index contributed by atoms with van der Waals surface area (Å²) in [5, 5.41) is 7.46. The van der Waals surface area contributed by atoms with Gasteiger partial charge in [-0.15, -0.1) is 0 Å². The maximum atomic E-state index is 11.9. The van der Waals surface area contributed by atoms with Crippen molar-refractivity contribution in [2.45, 2.75) is 31.7 Å². The summed E-state index contributed by atoms with van der Waals surface area (Å²) in [6.45, 7) is 1.53. The van der Waals surface area contributed by atoms with Crippen LogP contribution in [0.15, 0.2) is 18.2 Å². The summed E-state index contributed by atoms with van der Waals surface area (Å²) in [6, 6.07) is 5.40. The fourth-order valence-corrected chi connectivity index (χ4v) is 2.75. The zero-order valence-corrected chi connectivity index (χ0v) is 12.2. The Morgan fingerprint density at radius 3 is 2.89 bits per heavy atom.